The van der Waals surface area contributed by atoms with E-state index in [2.05, 4.69) is 4.74 Å². The van der Waals surface area contributed by atoms with Gasteiger partial charge in [-0.25, -0.2) is 9.59 Å². The van der Waals surface area contributed by atoms with Gasteiger partial charge in [-0.05, 0) is 17.5 Å². The van der Waals surface area contributed by atoms with E-state index >= 15 is 0 Å². The summed E-state index contributed by atoms with van der Waals surface area (Å²) in [6, 6.07) is 15.7. The summed E-state index contributed by atoms with van der Waals surface area (Å²) in [5, 5.41) is 19.9. The van der Waals surface area contributed by atoms with Gasteiger partial charge in [-0.2, -0.15) is 0 Å². The molecule has 0 spiro atoms. The number of aliphatic carboxylic acids is 2. The molecule has 0 aromatic heterocycles. The van der Waals surface area contributed by atoms with E-state index in [9.17, 15) is 29.4 Å². The highest BCUT2D eigenvalue weighted by molar-refractivity contribution is 6.31. The number of esters is 2. The molecule has 7 heteroatoms. The number of ether oxygens (including phenoxy) is 1. The van der Waals surface area contributed by atoms with Crippen LogP contribution in [0.1, 0.15) is 11.1 Å². The minimum absolute atomic E-state index is 0.0313. The van der Waals surface area contributed by atoms with Crippen molar-refractivity contribution in [2.75, 3.05) is 0 Å². The summed E-state index contributed by atoms with van der Waals surface area (Å²) in [6.07, 6.45) is -0.375. The highest BCUT2D eigenvalue weighted by Crippen LogP contribution is 2.51. The summed E-state index contributed by atoms with van der Waals surface area (Å²) in [6.45, 7) is 0. The van der Waals surface area contributed by atoms with Gasteiger partial charge in [-0.3, -0.25) is 9.59 Å². The van der Waals surface area contributed by atoms with Crippen molar-refractivity contribution in [1.29, 1.82) is 0 Å². The Hall–Kier alpha value is -3.48. The second-order valence-corrected chi connectivity index (χ2v) is 5.97. The first-order valence-corrected chi connectivity index (χ1v) is 7.70. The molecule has 2 aromatic rings. The summed E-state index contributed by atoms with van der Waals surface area (Å²) in [5.74, 6) is -6.20. The Morgan fingerprint density at radius 1 is 0.885 bits per heavy atom. The van der Waals surface area contributed by atoms with Gasteiger partial charge in [0, 0.05) is 0 Å². The third kappa shape index (κ3) is 2.13. The highest BCUT2D eigenvalue weighted by atomic mass is 16.6. The molecule has 1 fully saturated rings. The normalized spacial score (nSPS) is 17.5. The van der Waals surface area contributed by atoms with Gasteiger partial charge in [0.15, 0.2) is 0 Å². The maximum Gasteiger partial charge on any atom is 0.344 e. The number of hydrogen-bond donors (Lipinski definition) is 2. The maximum absolute atomic E-state index is 12.4. The number of carbonyl (C=O) groups excluding carboxylic acids is 2. The Morgan fingerprint density at radius 3 is 1.81 bits per heavy atom. The summed E-state index contributed by atoms with van der Waals surface area (Å²) in [5.41, 5.74) is -4.71. The van der Waals surface area contributed by atoms with E-state index in [0.717, 1.165) is 0 Å². The van der Waals surface area contributed by atoms with Crippen molar-refractivity contribution in [2.24, 2.45) is 5.41 Å². The lowest BCUT2D eigenvalue weighted by molar-refractivity contribution is -0.213. The third-order valence-electron chi connectivity index (χ3n) is 4.70. The maximum atomic E-state index is 12.4. The van der Waals surface area contributed by atoms with E-state index in [1.165, 1.54) is 24.3 Å². The van der Waals surface area contributed by atoms with Gasteiger partial charge in [0.05, 0.1) is 0 Å². The van der Waals surface area contributed by atoms with E-state index in [1.54, 1.807) is 36.4 Å². The van der Waals surface area contributed by atoms with E-state index in [0.29, 0.717) is 5.56 Å². The SMILES string of the molecule is O=C(O)C1(C(Cc2ccccc2)(C(=O)O)c2ccccc2)C(=O)OC1=O. The van der Waals surface area contributed by atoms with Gasteiger partial charge < -0.3 is 14.9 Å². The number of hydrogen-bond acceptors (Lipinski definition) is 5. The van der Waals surface area contributed by atoms with Crippen LogP contribution in [0.15, 0.2) is 60.7 Å². The average molecular weight is 354 g/mol. The van der Waals surface area contributed by atoms with Gasteiger partial charge in [0.2, 0.25) is 0 Å². The smallest absolute Gasteiger partial charge is 0.344 e. The highest BCUT2D eigenvalue weighted by Gasteiger charge is 2.79. The predicted octanol–water partition coefficient (Wildman–Crippen LogP) is 1.41. The zero-order chi connectivity index (χ0) is 18.9. The van der Waals surface area contributed by atoms with Crippen molar-refractivity contribution >= 4 is 23.9 Å². The van der Waals surface area contributed by atoms with Crippen LogP contribution in [-0.4, -0.2) is 34.1 Å². The van der Waals surface area contributed by atoms with Gasteiger partial charge in [-0.1, -0.05) is 60.7 Å². The first kappa shape index (κ1) is 17.3. The van der Waals surface area contributed by atoms with Crippen molar-refractivity contribution in [1.82, 2.24) is 0 Å². The lowest BCUT2D eigenvalue weighted by Gasteiger charge is -2.45. The molecule has 2 N–H and O–H groups in total. The largest absolute Gasteiger partial charge is 0.481 e. The van der Waals surface area contributed by atoms with Crippen LogP contribution in [0.2, 0.25) is 0 Å². The first-order chi connectivity index (χ1) is 12.4. The lowest BCUT2D eigenvalue weighted by atomic mass is 9.55. The molecule has 132 valence electrons. The molecule has 0 aliphatic carbocycles. The number of cyclic esters (lactones) is 2. The van der Waals surface area contributed by atoms with Crippen molar-refractivity contribution in [3.63, 3.8) is 0 Å². The first-order valence-electron chi connectivity index (χ1n) is 7.70. The van der Waals surface area contributed by atoms with Crippen molar-refractivity contribution < 1.29 is 34.1 Å². The topological polar surface area (TPSA) is 118 Å². The van der Waals surface area contributed by atoms with Crippen LogP contribution in [0.4, 0.5) is 0 Å². The molecule has 1 aliphatic rings. The minimum Gasteiger partial charge on any atom is -0.481 e. The van der Waals surface area contributed by atoms with Crippen molar-refractivity contribution in [3.05, 3.63) is 71.8 Å². The Morgan fingerprint density at radius 2 is 1.38 bits per heavy atom. The molecular weight excluding hydrogens is 340 g/mol. The van der Waals surface area contributed by atoms with Crippen LogP contribution in [0.3, 0.4) is 0 Å². The zero-order valence-corrected chi connectivity index (χ0v) is 13.4. The van der Waals surface area contributed by atoms with Gasteiger partial charge >= 0.3 is 23.9 Å². The van der Waals surface area contributed by atoms with Crippen LogP contribution < -0.4 is 0 Å². The van der Waals surface area contributed by atoms with Crippen LogP contribution >= 0.6 is 0 Å². The predicted molar refractivity (Wildman–Crippen MR) is 87.1 cm³/mol. The van der Waals surface area contributed by atoms with E-state index in [-0.39, 0.29) is 12.0 Å². The fraction of sp³-hybridized carbons (Fsp3) is 0.158. The molecular formula is C19H14O7. The van der Waals surface area contributed by atoms with Gasteiger partial charge in [0.25, 0.3) is 5.41 Å². The Balaban J connectivity index is 2.35. The lowest BCUT2D eigenvalue weighted by Crippen LogP contribution is -2.72. The molecule has 1 heterocycles. The van der Waals surface area contributed by atoms with Crippen LogP contribution in [-0.2, 0) is 35.8 Å². The minimum atomic E-state index is -2.85. The van der Waals surface area contributed by atoms with E-state index in [1.807, 2.05) is 0 Å². The molecule has 1 unspecified atom stereocenters. The van der Waals surface area contributed by atoms with Crippen LogP contribution in [0, 0.1) is 5.41 Å². The van der Waals surface area contributed by atoms with Crippen molar-refractivity contribution in [3.8, 4) is 0 Å². The molecule has 3 rings (SSSR count). The fourth-order valence-electron chi connectivity index (χ4n) is 3.42. The second-order valence-electron chi connectivity index (χ2n) is 5.97. The molecule has 1 atom stereocenters. The third-order valence-corrected chi connectivity index (χ3v) is 4.70. The fourth-order valence-corrected chi connectivity index (χ4v) is 3.42. The molecule has 1 saturated heterocycles. The number of carboxylic acid groups (broad SMARTS) is 2. The molecule has 0 saturated carbocycles. The standard InChI is InChI=1S/C19H14O7/c20-14(21)18(13-9-5-2-6-10-13,11-12-7-3-1-4-8-12)19(15(22)23)16(24)26-17(19)25/h1-10H,11H2,(H,20,21)(H,22,23). The van der Waals surface area contributed by atoms with Gasteiger partial charge in [-0.15, -0.1) is 0 Å². The van der Waals surface area contributed by atoms with Crippen LogP contribution in [0.5, 0.6) is 0 Å². The average Bonchev–Trinajstić information content (AvgIpc) is 2.62. The Bertz CT molecular complexity index is 861. The number of carboxylic acids is 2. The second kappa shape index (κ2) is 6.11. The molecule has 7 nitrogen and oxygen atoms in total. The van der Waals surface area contributed by atoms with E-state index < -0.39 is 34.7 Å². The molecule has 0 bridgehead atoms. The number of carbonyl (C=O) groups is 4. The monoisotopic (exact) mass is 354 g/mol. The van der Waals surface area contributed by atoms with Crippen LogP contribution in [0.25, 0.3) is 0 Å². The number of rotatable bonds is 6. The summed E-state index contributed by atoms with van der Waals surface area (Å²) in [4.78, 5) is 49.0. The molecule has 2 aromatic carbocycles. The summed E-state index contributed by atoms with van der Waals surface area (Å²) in [7, 11) is 0. The Labute approximate surface area is 147 Å². The quantitative estimate of drug-likeness (QED) is 0.595. The molecule has 1 aliphatic heterocycles. The summed E-state index contributed by atoms with van der Waals surface area (Å²) >= 11 is 0. The number of benzene rings is 2. The molecule has 0 radical (unpaired) electrons. The van der Waals surface area contributed by atoms with Gasteiger partial charge in [0.1, 0.15) is 5.41 Å². The summed E-state index contributed by atoms with van der Waals surface area (Å²) < 4.78 is 4.31. The van der Waals surface area contributed by atoms with Crippen molar-refractivity contribution in [2.45, 2.75) is 11.8 Å². The zero-order valence-electron chi connectivity index (χ0n) is 13.4. The molecule has 26 heavy (non-hydrogen) atoms. The molecule has 0 amide bonds. The Kier molecular flexibility index (Phi) is 4.07. The van der Waals surface area contributed by atoms with E-state index in [4.69, 9.17) is 0 Å².